The van der Waals surface area contributed by atoms with Crippen molar-refractivity contribution in [1.82, 2.24) is 0 Å². The van der Waals surface area contributed by atoms with Crippen LogP contribution in [-0.2, 0) is 9.47 Å². The first-order chi connectivity index (χ1) is 11.4. The fourth-order valence-electron chi connectivity index (χ4n) is 4.02. The molecular formula is C19H30O5. The van der Waals surface area contributed by atoms with E-state index in [1.54, 1.807) is 0 Å². The van der Waals surface area contributed by atoms with Crippen molar-refractivity contribution >= 4 is 0 Å². The SMILES string of the molecule is CCCCCC=CC1=C(CO)C2OC(C)(C)C(O)CC23OC3C1O. The van der Waals surface area contributed by atoms with Gasteiger partial charge in [0, 0.05) is 6.42 Å². The molecule has 5 unspecified atom stereocenters. The third-order valence-electron chi connectivity index (χ3n) is 5.69. The maximum atomic E-state index is 10.7. The molecule has 24 heavy (non-hydrogen) atoms. The van der Waals surface area contributed by atoms with E-state index in [9.17, 15) is 15.3 Å². The molecule has 2 aliphatic heterocycles. The van der Waals surface area contributed by atoms with Gasteiger partial charge in [-0.25, -0.2) is 0 Å². The molecule has 5 heteroatoms. The highest BCUT2D eigenvalue weighted by Gasteiger charge is 2.72. The van der Waals surface area contributed by atoms with E-state index in [1.165, 1.54) is 12.8 Å². The summed E-state index contributed by atoms with van der Waals surface area (Å²) in [6, 6.07) is 0. The molecule has 2 fully saturated rings. The fourth-order valence-corrected chi connectivity index (χ4v) is 4.02. The molecule has 5 atom stereocenters. The van der Waals surface area contributed by atoms with Gasteiger partial charge in [0.15, 0.2) is 0 Å². The Bertz CT molecular complexity index is 538. The van der Waals surface area contributed by atoms with Crippen molar-refractivity contribution in [1.29, 1.82) is 0 Å². The molecule has 136 valence electrons. The Hall–Kier alpha value is -0.720. The lowest BCUT2D eigenvalue weighted by Gasteiger charge is -2.46. The zero-order chi connectivity index (χ0) is 17.5. The molecule has 3 rings (SSSR count). The molecule has 0 radical (unpaired) electrons. The number of unbranched alkanes of at least 4 members (excludes halogenated alkanes) is 3. The van der Waals surface area contributed by atoms with Crippen LogP contribution in [0.15, 0.2) is 23.3 Å². The van der Waals surface area contributed by atoms with Gasteiger partial charge in [0.25, 0.3) is 0 Å². The lowest BCUT2D eigenvalue weighted by Crippen LogP contribution is -2.59. The number of aliphatic hydroxyl groups excluding tert-OH is 3. The predicted octanol–water partition coefficient (Wildman–Crippen LogP) is 1.85. The lowest BCUT2D eigenvalue weighted by atomic mass is 9.73. The van der Waals surface area contributed by atoms with Crippen LogP contribution in [0.3, 0.4) is 0 Å². The molecule has 0 amide bonds. The van der Waals surface area contributed by atoms with Gasteiger partial charge in [-0.2, -0.15) is 0 Å². The van der Waals surface area contributed by atoms with Crippen molar-refractivity contribution < 1.29 is 24.8 Å². The number of ether oxygens (including phenoxy) is 2. The highest BCUT2D eigenvalue weighted by atomic mass is 16.7. The van der Waals surface area contributed by atoms with Crippen LogP contribution in [-0.4, -0.2) is 57.5 Å². The van der Waals surface area contributed by atoms with Crippen LogP contribution in [0.25, 0.3) is 0 Å². The van der Waals surface area contributed by atoms with Gasteiger partial charge in [0.2, 0.25) is 0 Å². The Morgan fingerprint density at radius 2 is 1.96 bits per heavy atom. The summed E-state index contributed by atoms with van der Waals surface area (Å²) in [7, 11) is 0. The largest absolute Gasteiger partial charge is 0.392 e. The standard InChI is InChI=1S/C19H30O5/c1-4-5-6-7-8-9-12-13(11-20)16-19(17(24-19)15(12)22)10-14(21)18(2,3)23-16/h8-9,14-17,20-22H,4-7,10-11H2,1-3H3. The summed E-state index contributed by atoms with van der Waals surface area (Å²) in [5.41, 5.74) is 0.00381. The van der Waals surface area contributed by atoms with E-state index < -0.39 is 29.5 Å². The number of hydrogen-bond acceptors (Lipinski definition) is 5. The molecule has 5 nitrogen and oxygen atoms in total. The van der Waals surface area contributed by atoms with Gasteiger partial charge in [-0.3, -0.25) is 0 Å². The van der Waals surface area contributed by atoms with Gasteiger partial charge in [-0.05, 0) is 37.8 Å². The second-order valence-electron chi connectivity index (χ2n) is 7.80. The quantitative estimate of drug-likeness (QED) is 0.509. The molecule has 0 aromatic rings. The molecule has 1 aliphatic carbocycles. The van der Waals surface area contributed by atoms with E-state index >= 15 is 0 Å². The van der Waals surface area contributed by atoms with Crippen molar-refractivity contribution in [2.24, 2.45) is 0 Å². The second-order valence-corrected chi connectivity index (χ2v) is 7.80. The lowest BCUT2D eigenvalue weighted by molar-refractivity contribution is -0.190. The molecule has 3 aliphatic rings. The minimum absolute atomic E-state index is 0.180. The van der Waals surface area contributed by atoms with E-state index in [0.717, 1.165) is 12.8 Å². The van der Waals surface area contributed by atoms with Crippen LogP contribution in [0.5, 0.6) is 0 Å². The summed E-state index contributed by atoms with van der Waals surface area (Å²) < 4.78 is 12.0. The molecule has 2 heterocycles. The molecule has 0 aromatic carbocycles. The summed E-state index contributed by atoms with van der Waals surface area (Å²) >= 11 is 0. The topological polar surface area (TPSA) is 82.5 Å². The Balaban J connectivity index is 1.85. The van der Waals surface area contributed by atoms with E-state index in [2.05, 4.69) is 13.0 Å². The molecular weight excluding hydrogens is 308 g/mol. The number of aliphatic hydroxyl groups is 3. The van der Waals surface area contributed by atoms with E-state index in [4.69, 9.17) is 9.47 Å². The van der Waals surface area contributed by atoms with Crippen molar-refractivity contribution in [2.75, 3.05) is 6.61 Å². The van der Waals surface area contributed by atoms with E-state index in [0.29, 0.717) is 17.6 Å². The Morgan fingerprint density at radius 3 is 2.62 bits per heavy atom. The molecule has 0 bridgehead atoms. The minimum atomic E-state index is -0.775. The summed E-state index contributed by atoms with van der Waals surface area (Å²) in [5.74, 6) is 0. The summed E-state index contributed by atoms with van der Waals surface area (Å²) in [6.07, 6.45) is 6.62. The van der Waals surface area contributed by atoms with Crippen molar-refractivity contribution in [2.45, 2.75) is 88.5 Å². The van der Waals surface area contributed by atoms with E-state index in [-0.39, 0.29) is 12.7 Å². The second kappa shape index (κ2) is 6.54. The van der Waals surface area contributed by atoms with E-state index in [1.807, 2.05) is 19.9 Å². The van der Waals surface area contributed by atoms with Crippen molar-refractivity contribution in [3.63, 3.8) is 0 Å². The van der Waals surface area contributed by atoms with Crippen LogP contribution in [0.4, 0.5) is 0 Å². The van der Waals surface area contributed by atoms with Gasteiger partial charge >= 0.3 is 0 Å². The van der Waals surface area contributed by atoms with Crippen LogP contribution < -0.4 is 0 Å². The predicted molar refractivity (Wildman–Crippen MR) is 90.6 cm³/mol. The monoisotopic (exact) mass is 338 g/mol. The first kappa shape index (κ1) is 18.1. The Morgan fingerprint density at radius 1 is 1.21 bits per heavy atom. The van der Waals surface area contributed by atoms with Crippen LogP contribution in [0.1, 0.15) is 52.9 Å². The first-order valence-corrected chi connectivity index (χ1v) is 9.09. The van der Waals surface area contributed by atoms with Crippen molar-refractivity contribution in [3.05, 3.63) is 23.3 Å². The molecule has 3 N–H and O–H groups in total. The highest BCUT2D eigenvalue weighted by molar-refractivity contribution is 5.44. The Labute approximate surface area is 144 Å². The van der Waals surface area contributed by atoms with Gasteiger partial charge in [0.05, 0.1) is 18.3 Å². The maximum Gasteiger partial charge on any atom is 0.130 e. The number of rotatable bonds is 6. The van der Waals surface area contributed by atoms with Gasteiger partial charge in [0.1, 0.15) is 23.9 Å². The highest BCUT2D eigenvalue weighted by Crippen LogP contribution is 2.57. The summed E-state index contributed by atoms with van der Waals surface area (Å²) in [5, 5.41) is 30.9. The maximum absolute atomic E-state index is 10.7. The molecule has 1 spiro atoms. The summed E-state index contributed by atoms with van der Waals surface area (Å²) in [4.78, 5) is 0. The smallest absolute Gasteiger partial charge is 0.130 e. The number of allylic oxidation sites excluding steroid dienone is 1. The average molecular weight is 338 g/mol. The number of hydrogen-bond donors (Lipinski definition) is 3. The van der Waals surface area contributed by atoms with Gasteiger partial charge < -0.3 is 24.8 Å². The third kappa shape index (κ3) is 2.86. The van der Waals surface area contributed by atoms with Crippen molar-refractivity contribution in [3.8, 4) is 0 Å². The van der Waals surface area contributed by atoms with Crippen LogP contribution in [0.2, 0.25) is 0 Å². The van der Waals surface area contributed by atoms with Crippen LogP contribution in [0, 0.1) is 0 Å². The van der Waals surface area contributed by atoms with Crippen LogP contribution >= 0.6 is 0 Å². The summed E-state index contributed by atoms with van der Waals surface area (Å²) in [6.45, 7) is 5.69. The zero-order valence-corrected chi connectivity index (χ0v) is 14.9. The fraction of sp³-hybridized carbons (Fsp3) is 0.789. The number of epoxide rings is 1. The molecule has 0 saturated carbocycles. The average Bonchev–Trinajstić information content (AvgIpc) is 3.25. The third-order valence-corrected chi connectivity index (χ3v) is 5.69. The molecule has 2 saturated heterocycles. The molecule has 0 aromatic heterocycles. The van der Waals surface area contributed by atoms with Gasteiger partial charge in [-0.1, -0.05) is 31.9 Å². The first-order valence-electron chi connectivity index (χ1n) is 9.09. The van der Waals surface area contributed by atoms with Gasteiger partial charge in [-0.15, -0.1) is 0 Å². The Kier molecular flexibility index (Phi) is 4.93. The minimum Gasteiger partial charge on any atom is -0.392 e. The normalized spacial score (nSPS) is 40.6. The zero-order valence-electron chi connectivity index (χ0n) is 14.9.